The molecule has 2 aliphatic heterocycles. The van der Waals surface area contributed by atoms with Gasteiger partial charge in [0.25, 0.3) is 0 Å². The second-order valence-electron chi connectivity index (χ2n) is 8.22. The summed E-state index contributed by atoms with van der Waals surface area (Å²) < 4.78 is 11.4. The summed E-state index contributed by atoms with van der Waals surface area (Å²) in [5.74, 6) is 0.939. The Hall–Kier alpha value is -1.86. The van der Waals surface area contributed by atoms with Crippen molar-refractivity contribution in [3.63, 3.8) is 0 Å². The van der Waals surface area contributed by atoms with E-state index in [4.69, 9.17) is 9.47 Å². The number of pyridine rings is 1. The molecule has 2 fully saturated rings. The molecule has 2 saturated heterocycles. The van der Waals surface area contributed by atoms with Gasteiger partial charge in [-0.15, -0.1) is 0 Å². The lowest BCUT2D eigenvalue weighted by Crippen LogP contribution is -2.60. The first-order valence-electron chi connectivity index (χ1n) is 9.26. The van der Waals surface area contributed by atoms with Gasteiger partial charge in [0.1, 0.15) is 5.82 Å². The van der Waals surface area contributed by atoms with Crippen LogP contribution in [-0.4, -0.2) is 66.5 Å². The molecule has 2 amide bonds. The molecule has 1 aromatic heterocycles. The Bertz CT molecular complexity index is 625. The van der Waals surface area contributed by atoms with E-state index in [9.17, 15) is 4.79 Å². The number of hydrogen-bond acceptors (Lipinski definition) is 5. The molecule has 3 heterocycles. The first-order chi connectivity index (χ1) is 12.2. The predicted octanol–water partition coefficient (Wildman–Crippen LogP) is 2.02. The van der Waals surface area contributed by atoms with Crippen LogP contribution >= 0.6 is 0 Å². The number of urea groups is 1. The van der Waals surface area contributed by atoms with Crippen LogP contribution in [0.5, 0.6) is 0 Å². The van der Waals surface area contributed by atoms with Gasteiger partial charge in [-0.3, -0.25) is 0 Å². The lowest BCUT2D eigenvalue weighted by atomic mass is 9.99. The second-order valence-corrected chi connectivity index (χ2v) is 8.22. The van der Waals surface area contributed by atoms with Crippen LogP contribution in [0, 0.1) is 0 Å². The number of nitrogens with zero attached hydrogens (tertiary/aromatic N) is 3. The molecule has 26 heavy (non-hydrogen) atoms. The Balaban J connectivity index is 1.59. The number of nitrogens with one attached hydrogen (secondary N) is 1. The maximum Gasteiger partial charge on any atom is 0.317 e. The molecule has 0 unspecified atom stereocenters. The van der Waals surface area contributed by atoms with E-state index in [1.54, 1.807) is 0 Å². The minimum atomic E-state index is -0.354. The zero-order valence-electron chi connectivity index (χ0n) is 16.2. The molecule has 0 aliphatic carbocycles. The molecule has 7 nitrogen and oxygen atoms in total. The van der Waals surface area contributed by atoms with Gasteiger partial charge in [-0.1, -0.05) is 6.07 Å². The third kappa shape index (κ3) is 4.86. The van der Waals surface area contributed by atoms with Crippen molar-refractivity contribution in [2.75, 3.05) is 44.3 Å². The SMILES string of the molecule is CC1(C)CN(C(=O)NCc2cccc(N3CCOCC3)n2)CC(C)(C)O1. The van der Waals surface area contributed by atoms with Crippen LogP contribution in [0.1, 0.15) is 33.4 Å². The van der Waals surface area contributed by atoms with Gasteiger partial charge in [-0.05, 0) is 39.8 Å². The molecule has 0 atom stereocenters. The quantitative estimate of drug-likeness (QED) is 0.891. The zero-order chi connectivity index (χ0) is 18.8. The zero-order valence-corrected chi connectivity index (χ0v) is 16.2. The van der Waals surface area contributed by atoms with Crippen molar-refractivity contribution in [2.24, 2.45) is 0 Å². The van der Waals surface area contributed by atoms with E-state index in [0.717, 1.165) is 37.8 Å². The topological polar surface area (TPSA) is 66.9 Å². The van der Waals surface area contributed by atoms with Gasteiger partial charge >= 0.3 is 6.03 Å². The number of morpholine rings is 2. The number of anilines is 1. The van der Waals surface area contributed by atoms with Crippen LogP contribution in [0.15, 0.2) is 18.2 Å². The fraction of sp³-hybridized carbons (Fsp3) is 0.684. The molecule has 2 aliphatic rings. The summed E-state index contributed by atoms with van der Waals surface area (Å²) in [6.45, 7) is 12.8. The normalized spacial score (nSPS) is 22.2. The number of ether oxygens (including phenoxy) is 2. The third-order valence-corrected chi connectivity index (χ3v) is 4.53. The average Bonchev–Trinajstić information content (AvgIpc) is 2.58. The molecule has 1 aromatic rings. The smallest absolute Gasteiger partial charge is 0.317 e. The van der Waals surface area contributed by atoms with Crippen molar-refractivity contribution in [3.8, 4) is 0 Å². The van der Waals surface area contributed by atoms with E-state index >= 15 is 0 Å². The molecule has 0 aromatic carbocycles. The molecule has 0 saturated carbocycles. The number of carbonyl (C=O) groups excluding carboxylic acids is 1. The molecule has 3 rings (SSSR count). The number of aromatic nitrogens is 1. The summed E-state index contributed by atoms with van der Waals surface area (Å²) in [5.41, 5.74) is 0.149. The summed E-state index contributed by atoms with van der Waals surface area (Å²) in [7, 11) is 0. The minimum absolute atomic E-state index is 0.0759. The Kier molecular flexibility index (Phi) is 5.39. The monoisotopic (exact) mass is 362 g/mol. The van der Waals surface area contributed by atoms with Crippen molar-refractivity contribution in [3.05, 3.63) is 23.9 Å². The van der Waals surface area contributed by atoms with Crippen molar-refractivity contribution in [2.45, 2.75) is 45.4 Å². The van der Waals surface area contributed by atoms with Crippen LogP contribution in [0.4, 0.5) is 10.6 Å². The maximum absolute atomic E-state index is 12.6. The lowest BCUT2D eigenvalue weighted by Gasteiger charge is -2.46. The fourth-order valence-corrected chi connectivity index (χ4v) is 3.74. The van der Waals surface area contributed by atoms with Gasteiger partial charge in [0, 0.05) is 13.1 Å². The predicted molar refractivity (Wildman–Crippen MR) is 100 cm³/mol. The van der Waals surface area contributed by atoms with E-state index in [1.165, 1.54) is 0 Å². The molecule has 7 heteroatoms. The lowest BCUT2D eigenvalue weighted by molar-refractivity contribution is -0.170. The maximum atomic E-state index is 12.6. The third-order valence-electron chi connectivity index (χ3n) is 4.53. The minimum Gasteiger partial charge on any atom is -0.378 e. The van der Waals surface area contributed by atoms with Crippen LogP contribution in [0.3, 0.4) is 0 Å². The number of carbonyl (C=O) groups is 1. The summed E-state index contributed by atoms with van der Waals surface area (Å²) in [5, 5.41) is 3.00. The Morgan fingerprint density at radius 2 is 1.81 bits per heavy atom. The van der Waals surface area contributed by atoms with E-state index in [0.29, 0.717) is 19.6 Å². The first-order valence-corrected chi connectivity index (χ1v) is 9.26. The highest BCUT2D eigenvalue weighted by molar-refractivity contribution is 5.74. The van der Waals surface area contributed by atoms with Crippen molar-refractivity contribution in [1.82, 2.24) is 15.2 Å². The van der Waals surface area contributed by atoms with Gasteiger partial charge in [-0.25, -0.2) is 9.78 Å². The molecule has 0 radical (unpaired) electrons. The van der Waals surface area contributed by atoms with Gasteiger partial charge in [0.2, 0.25) is 0 Å². The van der Waals surface area contributed by atoms with Crippen LogP contribution in [0.2, 0.25) is 0 Å². The average molecular weight is 362 g/mol. The molecule has 0 bridgehead atoms. The first kappa shape index (κ1) is 18.9. The van der Waals surface area contributed by atoms with E-state index < -0.39 is 0 Å². The van der Waals surface area contributed by atoms with Gasteiger partial charge in [0.05, 0.1) is 49.7 Å². The van der Waals surface area contributed by atoms with Gasteiger partial charge in [-0.2, -0.15) is 0 Å². The Morgan fingerprint density at radius 3 is 2.46 bits per heavy atom. The Labute approximate surface area is 155 Å². The van der Waals surface area contributed by atoms with Crippen LogP contribution in [-0.2, 0) is 16.0 Å². The molecular formula is C19H30N4O3. The molecule has 144 valence electrons. The summed E-state index contributed by atoms with van der Waals surface area (Å²) >= 11 is 0. The summed E-state index contributed by atoms with van der Waals surface area (Å²) in [4.78, 5) is 21.4. The molecular weight excluding hydrogens is 332 g/mol. The Morgan fingerprint density at radius 1 is 1.15 bits per heavy atom. The number of hydrogen-bond donors (Lipinski definition) is 1. The number of rotatable bonds is 3. The van der Waals surface area contributed by atoms with Crippen molar-refractivity contribution < 1.29 is 14.3 Å². The fourth-order valence-electron chi connectivity index (χ4n) is 3.74. The highest BCUT2D eigenvalue weighted by atomic mass is 16.5. The van der Waals surface area contributed by atoms with Crippen molar-refractivity contribution >= 4 is 11.8 Å². The highest BCUT2D eigenvalue weighted by Crippen LogP contribution is 2.28. The second kappa shape index (κ2) is 7.40. The van der Waals surface area contributed by atoms with Gasteiger partial charge in [0.15, 0.2) is 0 Å². The van der Waals surface area contributed by atoms with E-state index in [2.05, 4.69) is 15.2 Å². The largest absolute Gasteiger partial charge is 0.378 e. The molecule has 1 N–H and O–H groups in total. The summed E-state index contributed by atoms with van der Waals surface area (Å²) in [6, 6.07) is 5.86. The van der Waals surface area contributed by atoms with Crippen molar-refractivity contribution in [1.29, 1.82) is 0 Å². The van der Waals surface area contributed by atoms with E-state index in [1.807, 2.05) is 50.8 Å². The summed E-state index contributed by atoms with van der Waals surface area (Å²) in [6.07, 6.45) is 0. The van der Waals surface area contributed by atoms with Crippen LogP contribution in [0.25, 0.3) is 0 Å². The van der Waals surface area contributed by atoms with Crippen LogP contribution < -0.4 is 10.2 Å². The standard InChI is InChI=1S/C19H30N4O3/c1-18(2)13-23(14-19(3,4)26-18)17(24)20-12-15-6-5-7-16(21-15)22-8-10-25-11-9-22/h5-7H,8-14H2,1-4H3,(H,20,24). The highest BCUT2D eigenvalue weighted by Gasteiger charge is 2.39. The van der Waals surface area contributed by atoms with E-state index in [-0.39, 0.29) is 17.2 Å². The molecule has 0 spiro atoms. The number of amides is 2. The van der Waals surface area contributed by atoms with Gasteiger partial charge < -0.3 is 24.6 Å².